The number of carbonyl (C=O) groups excluding carboxylic acids is 1. The van der Waals surface area contributed by atoms with Crippen molar-refractivity contribution in [1.29, 1.82) is 0 Å². The molecule has 0 unspecified atom stereocenters. The lowest BCUT2D eigenvalue weighted by Gasteiger charge is -2.14. The van der Waals surface area contributed by atoms with Crippen LogP contribution in [0.5, 0.6) is 5.75 Å². The van der Waals surface area contributed by atoms with E-state index in [1.807, 2.05) is 12.1 Å². The monoisotopic (exact) mass is 249 g/mol. The summed E-state index contributed by atoms with van der Waals surface area (Å²) in [5.41, 5.74) is 1.29. The summed E-state index contributed by atoms with van der Waals surface area (Å²) in [5, 5.41) is 2.67. The Morgan fingerprint density at radius 2 is 2.17 bits per heavy atom. The van der Waals surface area contributed by atoms with Crippen LogP contribution in [0.1, 0.15) is 31.2 Å². The third-order valence-corrected chi connectivity index (χ3v) is 3.35. The number of amides is 1. The summed E-state index contributed by atoms with van der Waals surface area (Å²) in [6.45, 7) is 2.82. The Balaban J connectivity index is 1.83. The van der Waals surface area contributed by atoms with E-state index in [1.165, 1.54) is 5.56 Å². The van der Waals surface area contributed by atoms with Crippen molar-refractivity contribution in [2.24, 2.45) is 0 Å². The number of carbonyl (C=O) groups is 1. The number of cyclic esters (lactones) is 1. The lowest BCUT2D eigenvalue weighted by atomic mass is 9.95. The molecule has 1 aromatic carbocycles. The first-order chi connectivity index (χ1) is 8.69. The Bertz CT molecular complexity index is 402. The van der Waals surface area contributed by atoms with Crippen LogP contribution < -0.4 is 10.1 Å². The number of hydrogen-bond acceptors (Lipinski definition) is 3. The second-order valence-corrected chi connectivity index (χ2v) is 4.66. The molecule has 1 fully saturated rings. The average Bonchev–Trinajstić information content (AvgIpc) is 2.82. The first kappa shape index (κ1) is 12.7. The third-order valence-electron chi connectivity index (χ3n) is 3.35. The minimum absolute atomic E-state index is 0.0261. The molecule has 4 heteroatoms. The maximum Gasteiger partial charge on any atom is 0.407 e. The van der Waals surface area contributed by atoms with Gasteiger partial charge in [0, 0.05) is 0 Å². The predicted molar refractivity (Wildman–Crippen MR) is 68.9 cm³/mol. The van der Waals surface area contributed by atoms with Crippen LogP contribution in [0.3, 0.4) is 0 Å². The van der Waals surface area contributed by atoms with Gasteiger partial charge in [-0.2, -0.15) is 0 Å². The maximum atomic E-state index is 10.9. The van der Waals surface area contributed by atoms with Gasteiger partial charge < -0.3 is 14.8 Å². The molecule has 0 spiro atoms. The molecule has 98 valence electrons. The van der Waals surface area contributed by atoms with Gasteiger partial charge in [-0.1, -0.05) is 19.1 Å². The van der Waals surface area contributed by atoms with Crippen LogP contribution in [-0.4, -0.2) is 25.9 Å². The van der Waals surface area contributed by atoms with Gasteiger partial charge in [0.25, 0.3) is 0 Å². The fourth-order valence-electron chi connectivity index (χ4n) is 2.13. The minimum atomic E-state index is -0.294. The van der Waals surface area contributed by atoms with Crippen molar-refractivity contribution in [2.75, 3.05) is 13.7 Å². The molecule has 0 bridgehead atoms. The predicted octanol–water partition coefficient (Wildman–Crippen LogP) is 2.69. The van der Waals surface area contributed by atoms with E-state index in [4.69, 9.17) is 9.47 Å². The highest BCUT2D eigenvalue weighted by atomic mass is 16.6. The van der Waals surface area contributed by atoms with E-state index < -0.39 is 0 Å². The van der Waals surface area contributed by atoms with Gasteiger partial charge in [0.05, 0.1) is 13.7 Å². The quantitative estimate of drug-likeness (QED) is 0.872. The zero-order valence-electron chi connectivity index (χ0n) is 10.8. The molecule has 0 saturated carbocycles. The SMILES string of the molecule is COc1ccc([C@H](C)CC[C@H]2CNC(=O)O2)cc1. The molecular weight excluding hydrogens is 230 g/mol. The van der Waals surface area contributed by atoms with E-state index in [0.717, 1.165) is 18.6 Å². The molecule has 0 aliphatic carbocycles. The molecule has 2 atom stereocenters. The van der Waals surface area contributed by atoms with Crippen LogP contribution >= 0.6 is 0 Å². The topological polar surface area (TPSA) is 47.6 Å². The first-order valence-corrected chi connectivity index (χ1v) is 6.27. The summed E-state index contributed by atoms with van der Waals surface area (Å²) in [7, 11) is 1.67. The van der Waals surface area contributed by atoms with Gasteiger partial charge in [0.2, 0.25) is 0 Å². The number of benzene rings is 1. The fourth-order valence-corrected chi connectivity index (χ4v) is 2.13. The molecule has 1 aliphatic rings. The molecule has 1 N–H and O–H groups in total. The normalized spacial score (nSPS) is 20.1. The zero-order valence-corrected chi connectivity index (χ0v) is 10.8. The molecule has 1 amide bonds. The van der Waals surface area contributed by atoms with Crippen molar-refractivity contribution in [3.05, 3.63) is 29.8 Å². The van der Waals surface area contributed by atoms with E-state index in [9.17, 15) is 4.79 Å². The Hall–Kier alpha value is -1.71. The minimum Gasteiger partial charge on any atom is -0.497 e. The van der Waals surface area contributed by atoms with Crippen molar-refractivity contribution < 1.29 is 14.3 Å². The lowest BCUT2D eigenvalue weighted by molar-refractivity contribution is 0.133. The van der Waals surface area contributed by atoms with Gasteiger partial charge in [-0.3, -0.25) is 0 Å². The number of rotatable bonds is 5. The highest BCUT2D eigenvalue weighted by Gasteiger charge is 2.22. The van der Waals surface area contributed by atoms with Crippen molar-refractivity contribution in [1.82, 2.24) is 5.32 Å². The number of methoxy groups -OCH3 is 1. The second-order valence-electron chi connectivity index (χ2n) is 4.66. The van der Waals surface area contributed by atoms with Crippen molar-refractivity contribution in [3.63, 3.8) is 0 Å². The Kier molecular flexibility index (Phi) is 4.07. The number of alkyl carbamates (subject to hydrolysis) is 1. The van der Waals surface area contributed by atoms with Crippen LogP contribution in [0.2, 0.25) is 0 Å². The molecule has 1 heterocycles. The average molecular weight is 249 g/mol. The zero-order chi connectivity index (χ0) is 13.0. The van der Waals surface area contributed by atoms with Gasteiger partial charge in [0.1, 0.15) is 11.9 Å². The van der Waals surface area contributed by atoms with Crippen molar-refractivity contribution >= 4 is 6.09 Å². The smallest absolute Gasteiger partial charge is 0.407 e. The van der Waals surface area contributed by atoms with E-state index >= 15 is 0 Å². The summed E-state index contributed by atoms with van der Waals surface area (Å²) in [6, 6.07) is 8.12. The molecule has 0 aromatic heterocycles. The van der Waals surface area contributed by atoms with E-state index in [2.05, 4.69) is 24.4 Å². The van der Waals surface area contributed by atoms with Crippen LogP contribution in [0.4, 0.5) is 4.79 Å². The molecule has 18 heavy (non-hydrogen) atoms. The van der Waals surface area contributed by atoms with Gasteiger partial charge in [-0.25, -0.2) is 4.79 Å². The summed E-state index contributed by atoms with van der Waals surface area (Å²) < 4.78 is 10.3. The van der Waals surface area contributed by atoms with Crippen LogP contribution in [-0.2, 0) is 4.74 Å². The highest BCUT2D eigenvalue weighted by molar-refractivity contribution is 5.69. The number of nitrogens with one attached hydrogen (secondary N) is 1. The summed E-state index contributed by atoms with van der Waals surface area (Å²) >= 11 is 0. The highest BCUT2D eigenvalue weighted by Crippen LogP contribution is 2.24. The van der Waals surface area contributed by atoms with Gasteiger partial charge in [0.15, 0.2) is 0 Å². The maximum absolute atomic E-state index is 10.9. The van der Waals surface area contributed by atoms with E-state index in [1.54, 1.807) is 7.11 Å². The largest absolute Gasteiger partial charge is 0.497 e. The van der Waals surface area contributed by atoms with E-state index in [-0.39, 0.29) is 12.2 Å². The first-order valence-electron chi connectivity index (χ1n) is 6.27. The number of ether oxygens (including phenoxy) is 2. The molecule has 1 saturated heterocycles. The molecule has 0 radical (unpaired) electrons. The Morgan fingerprint density at radius 1 is 1.44 bits per heavy atom. The molecule has 1 aliphatic heterocycles. The Morgan fingerprint density at radius 3 is 2.72 bits per heavy atom. The van der Waals surface area contributed by atoms with Crippen molar-refractivity contribution in [2.45, 2.75) is 31.8 Å². The van der Waals surface area contributed by atoms with Crippen LogP contribution in [0.15, 0.2) is 24.3 Å². The molecule has 1 aromatic rings. The summed E-state index contributed by atoms with van der Waals surface area (Å²) in [5.74, 6) is 1.33. The van der Waals surface area contributed by atoms with Gasteiger partial charge in [-0.15, -0.1) is 0 Å². The van der Waals surface area contributed by atoms with E-state index in [0.29, 0.717) is 12.5 Å². The summed E-state index contributed by atoms with van der Waals surface area (Å²) in [4.78, 5) is 10.9. The lowest BCUT2D eigenvalue weighted by Crippen LogP contribution is -2.15. The van der Waals surface area contributed by atoms with Gasteiger partial charge >= 0.3 is 6.09 Å². The van der Waals surface area contributed by atoms with Crippen molar-refractivity contribution in [3.8, 4) is 5.75 Å². The molecule has 2 rings (SSSR count). The molecule has 4 nitrogen and oxygen atoms in total. The molecular formula is C14H19NO3. The van der Waals surface area contributed by atoms with Crippen LogP contribution in [0, 0.1) is 0 Å². The van der Waals surface area contributed by atoms with Gasteiger partial charge in [-0.05, 0) is 36.5 Å². The Labute approximate surface area is 107 Å². The summed E-state index contributed by atoms with van der Waals surface area (Å²) in [6.07, 6.45) is 1.63. The fraction of sp³-hybridized carbons (Fsp3) is 0.500. The van der Waals surface area contributed by atoms with Crippen LogP contribution in [0.25, 0.3) is 0 Å². The number of hydrogen-bond donors (Lipinski definition) is 1. The standard InChI is InChI=1S/C14H19NO3/c1-10(3-6-13-9-15-14(16)18-13)11-4-7-12(17-2)8-5-11/h4-5,7-8,10,13H,3,6,9H2,1-2H3,(H,15,16)/t10-,13+/m1/s1. The second kappa shape index (κ2) is 5.76. The third kappa shape index (κ3) is 3.15.